The number of Topliss-reactive ketones (excluding diaryl/α,β-unsaturated/α-hetero) is 2. The van der Waals surface area contributed by atoms with Crippen LogP contribution in [0.15, 0.2) is 20.7 Å². The van der Waals surface area contributed by atoms with Crippen LogP contribution in [0.5, 0.6) is 0 Å². The second-order valence-electron chi connectivity index (χ2n) is 3.29. The molecular weight excluding hydrogens is 246 g/mol. The normalized spacial score (nSPS) is 23.6. The monoisotopic (exact) mass is 250 g/mol. The first-order chi connectivity index (χ1) is 6.54. The number of rotatable bonds is 1. The van der Waals surface area contributed by atoms with Crippen molar-refractivity contribution in [1.82, 2.24) is 0 Å². The Hall–Kier alpha value is -0.310. The van der Waals surface area contributed by atoms with Gasteiger partial charge in [-0.25, -0.2) is 0 Å². The van der Waals surface area contributed by atoms with Gasteiger partial charge in [0.2, 0.25) is 11.6 Å². The van der Waals surface area contributed by atoms with E-state index in [1.54, 1.807) is 0 Å². The Balaban J connectivity index is 2.50. The third-order valence-electron chi connectivity index (χ3n) is 2.26. The van der Waals surface area contributed by atoms with Crippen molar-refractivity contribution in [2.24, 2.45) is 5.92 Å². The molecule has 14 heavy (non-hydrogen) atoms. The summed E-state index contributed by atoms with van der Waals surface area (Å²) in [5.41, 5.74) is 0.339. The first-order valence-electron chi connectivity index (χ1n) is 4.08. The minimum absolute atomic E-state index is 0.0631. The predicted molar refractivity (Wildman–Crippen MR) is 54.3 cm³/mol. The van der Waals surface area contributed by atoms with Crippen LogP contribution in [0.3, 0.4) is 0 Å². The molecule has 0 unspecified atom stereocenters. The van der Waals surface area contributed by atoms with Crippen LogP contribution < -0.4 is 0 Å². The number of hydrogen-bond acceptors (Lipinski definition) is 2. The van der Waals surface area contributed by atoms with E-state index in [2.05, 4.69) is 0 Å². The van der Waals surface area contributed by atoms with E-state index in [1.807, 2.05) is 0 Å². The van der Waals surface area contributed by atoms with E-state index in [4.69, 9.17) is 34.8 Å². The van der Waals surface area contributed by atoms with Gasteiger partial charge in [0.15, 0.2) is 0 Å². The maximum absolute atomic E-state index is 11.6. The van der Waals surface area contributed by atoms with Crippen LogP contribution in [0.25, 0.3) is 0 Å². The van der Waals surface area contributed by atoms with Crippen LogP contribution in [0.2, 0.25) is 0 Å². The molecule has 0 aromatic heterocycles. The molecule has 0 heterocycles. The summed E-state index contributed by atoms with van der Waals surface area (Å²) in [6.07, 6.45) is 1.76. The molecule has 0 saturated heterocycles. The van der Waals surface area contributed by atoms with E-state index in [0.29, 0.717) is 5.57 Å². The zero-order valence-electron chi connectivity index (χ0n) is 6.94. The van der Waals surface area contributed by atoms with E-state index in [-0.39, 0.29) is 21.0 Å². The number of carbonyl (C=O) groups excluding carboxylic acids is 2. The molecule has 0 aromatic rings. The summed E-state index contributed by atoms with van der Waals surface area (Å²) in [4.78, 5) is 23.0. The van der Waals surface area contributed by atoms with Gasteiger partial charge in [-0.15, -0.1) is 0 Å². The van der Waals surface area contributed by atoms with Crippen molar-refractivity contribution in [3.63, 3.8) is 0 Å². The Kier molecular flexibility index (Phi) is 2.46. The summed E-state index contributed by atoms with van der Waals surface area (Å²) >= 11 is 16.9. The topological polar surface area (TPSA) is 34.1 Å². The number of allylic oxidation sites excluding steroid dienone is 4. The second-order valence-corrected chi connectivity index (χ2v) is 4.42. The van der Waals surface area contributed by atoms with Gasteiger partial charge in [0.05, 0.1) is 5.03 Å². The number of hydrogen-bond donors (Lipinski definition) is 0. The molecule has 0 bridgehead atoms. The van der Waals surface area contributed by atoms with E-state index in [1.165, 1.54) is 0 Å². The van der Waals surface area contributed by atoms with Gasteiger partial charge in [-0.3, -0.25) is 9.59 Å². The van der Waals surface area contributed by atoms with Crippen LogP contribution in [0.4, 0.5) is 0 Å². The van der Waals surface area contributed by atoms with Gasteiger partial charge in [-0.05, 0) is 18.8 Å². The minimum atomic E-state index is -0.542. The second kappa shape index (κ2) is 3.37. The van der Waals surface area contributed by atoms with Crippen molar-refractivity contribution in [2.75, 3.05) is 0 Å². The Labute approximate surface area is 95.5 Å². The van der Waals surface area contributed by atoms with Gasteiger partial charge in [0.1, 0.15) is 10.1 Å². The maximum atomic E-state index is 11.6. The summed E-state index contributed by atoms with van der Waals surface area (Å²) in [5, 5.41) is -0.541. The minimum Gasteiger partial charge on any atom is -0.288 e. The average molecular weight is 251 g/mol. The van der Waals surface area contributed by atoms with Crippen LogP contribution in [0.1, 0.15) is 12.8 Å². The maximum Gasteiger partial charge on any atom is 0.217 e. The van der Waals surface area contributed by atoms with Gasteiger partial charge in [-0.2, -0.15) is 0 Å². The Morgan fingerprint density at radius 1 is 0.857 bits per heavy atom. The van der Waals surface area contributed by atoms with E-state index in [0.717, 1.165) is 12.8 Å². The molecule has 0 radical (unpaired) electrons. The highest BCUT2D eigenvalue weighted by atomic mass is 35.5. The molecule has 0 spiro atoms. The molecule has 0 aliphatic heterocycles. The lowest BCUT2D eigenvalue weighted by molar-refractivity contribution is -0.115. The Morgan fingerprint density at radius 2 is 1.36 bits per heavy atom. The molecule has 2 rings (SSSR count). The van der Waals surface area contributed by atoms with E-state index >= 15 is 0 Å². The predicted octanol–water partition coefficient (Wildman–Crippen LogP) is 2.73. The first kappa shape index (κ1) is 10.2. The summed E-state index contributed by atoms with van der Waals surface area (Å²) in [6, 6.07) is 0. The molecule has 2 nitrogen and oxygen atoms in total. The molecule has 5 heteroatoms. The highest BCUT2D eigenvalue weighted by Crippen LogP contribution is 2.44. The van der Waals surface area contributed by atoms with Gasteiger partial charge < -0.3 is 0 Å². The molecule has 0 atom stereocenters. The van der Waals surface area contributed by atoms with Gasteiger partial charge in [0, 0.05) is 5.57 Å². The van der Waals surface area contributed by atoms with E-state index < -0.39 is 11.6 Å². The number of carbonyl (C=O) groups is 2. The summed E-state index contributed by atoms with van der Waals surface area (Å²) < 4.78 is 0. The third kappa shape index (κ3) is 1.42. The SMILES string of the molecule is O=C1C(Cl)=C(Cl)C(=O)C(C2CC2)=C1Cl. The standard InChI is InChI=1S/C9H5Cl3O2/c10-5-4(3-1-2-3)8(13)6(11)7(12)9(5)14/h3H,1-2H2. The van der Waals surface area contributed by atoms with Crippen molar-refractivity contribution in [3.8, 4) is 0 Å². The molecule has 1 fully saturated rings. The van der Waals surface area contributed by atoms with Crippen LogP contribution in [-0.2, 0) is 9.59 Å². The van der Waals surface area contributed by atoms with Gasteiger partial charge in [0.25, 0.3) is 0 Å². The zero-order valence-corrected chi connectivity index (χ0v) is 9.21. The highest BCUT2D eigenvalue weighted by Gasteiger charge is 2.40. The molecular formula is C9H5Cl3O2. The molecule has 1 saturated carbocycles. The van der Waals surface area contributed by atoms with Crippen molar-refractivity contribution in [3.05, 3.63) is 20.7 Å². The lowest BCUT2D eigenvalue weighted by atomic mass is 9.99. The fraction of sp³-hybridized carbons (Fsp3) is 0.333. The molecule has 74 valence electrons. The fourth-order valence-corrected chi connectivity index (χ4v) is 2.12. The summed E-state index contributed by atoms with van der Waals surface area (Å²) in [6.45, 7) is 0. The fourth-order valence-electron chi connectivity index (χ4n) is 1.37. The summed E-state index contributed by atoms with van der Waals surface area (Å²) in [7, 11) is 0. The van der Waals surface area contributed by atoms with Gasteiger partial charge in [-0.1, -0.05) is 34.8 Å². The van der Waals surface area contributed by atoms with Crippen molar-refractivity contribution < 1.29 is 9.59 Å². The highest BCUT2D eigenvalue weighted by molar-refractivity contribution is 6.64. The molecule has 2 aliphatic rings. The number of halogens is 3. The van der Waals surface area contributed by atoms with Crippen LogP contribution in [0, 0.1) is 5.92 Å². The summed E-state index contributed by atoms with van der Waals surface area (Å²) in [5.74, 6) is -0.846. The first-order valence-corrected chi connectivity index (χ1v) is 5.21. The smallest absolute Gasteiger partial charge is 0.217 e. The van der Waals surface area contributed by atoms with Crippen LogP contribution in [-0.4, -0.2) is 11.6 Å². The lowest BCUT2D eigenvalue weighted by Gasteiger charge is -2.13. The Bertz CT molecular complexity index is 402. The lowest BCUT2D eigenvalue weighted by Crippen LogP contribution is -2.18. The Morgan fingerprint density at radius 3 is 1.86 bits per heavy atom. The largest absolute Gasteiger partial charge is 0.288 e. The zero-order chi connectivity index (χ0) is 10.5. The third-order valence-corrected chi connectivity index (χ3v) is 3.45. The molecule has 2 aliphatic carbocycles. The van der Waals surface area contributed by atoms with Crippen molar-refractivity contribution in [1.29, 1.82) is 0 Å². The molecule has 0 N–H and O–H groups in total. The number of ketones is 2. The quantitative estimate of drug-likeness (QED) is 0.672. The average Bonchev–Trinajstić information content (AvgIpc) is 2.96. The molecule has 0 aromatic carbocycles. The van der Waals surface area contributed by atoms with E-state index in [9.17, 15) is 9.59 Å². The van der Waals surface area contributed by atoms with Crippen LogP contribution >= 0.6 is 34.8 Å². The van der Waals surface area contributed by atoms with Crippen molar-refractivity contribution >= 4 is 46.4 Å². The van der Waals surface area contributed by atoms with Crippen molar-refractivity contribution in [2.45, 2.75) is 12.8 Å². The van der Waals surface area contributed by atoms with Gasteiger partial charge >= 0.3 is 0 Å². The molecule has 0 amide bonds.